The maximum Gasteiger partial charge on any atom is 0.147 e. The lowest BCUT2D eigenvalue weighted by Gasteiger charge is -2.37. The maximum atomic E-state index is 9.27. The minimum absolute atomic E-state index is 0.0751. The smallest absolute Gasteiger partial charge is 0.147 e. The number of aliphatic hydroxyl groups is 1. The highest BCUT2D eigenvalue weighted by Gasteiger charge is 2.20. The number of H-pyrrole nitrogens is 1. The molecule has 6 nitrogen and oxygen atoms in total. The zero-order valence-corrected chi connectivity index (χ0v) is 13.9. The predicted molar refractivity (Wildman–Crippen MR) is 95.7 cm³/mol. The Bertz CT molecular complexity index is 857. The molecule has 0 aliphatic carbocycles. The summed E-state index contributed by atoms with van der Waals surface area (Å²) in [7, 11) is 0. The van der Waals surface area contributed by atoms with Gasteiger partial charge in [0.15, 0.2) is 0 Å². The van der Waals surface area contributed by atoms with Crippen LogP contribution in [-0.4, -0.2) is 46.2 Å². The number of aromatic amines is 1. The van der Waals surface area contributed by atoms with Gasteiger partial charge in [-0.25, -0.2) is 9.97 Å². The van der Waals surface area contributed by atoms with E-state index in [1.165, 1.54) is 5.69 Å². The van der Waals surface area contributed by atoms with Crippen molar-refractivity contribution in [1.82, 2.24) is 15.0 Å². The second kappa shape index (κ2) is 6.30. The fourth-order valence-corrected chi connectivity index (χ4v) is 3.30. The first-order valence-electron chi connectivity index (χ1n) is 7.94. The van der Waals surface area contributed by atoms with E-state index in [4.69, 9.17) is 11.6 Å². The lowest BCUT2D eigenvalue weighted by atomic mass is 10.2. The average molecular weight is 344 g/mol. The molecule has 7 heteroatoms. The number of piperazine rings is 1. The fraction of sp³-hybridized carbons (Fsp3) is 0.294. The van der Waals surface area contributed by atoms with Crippen LogP contribution >= 0.6 is 11.6 Å². The summed E-state index contributed by atoms with van der Waals surface area (Å²) in [6, 6.07) is 9.83. The molecule has 0 radical (unpaired) electrons. The van der Waals surface area contributed by atoms with Gasteiger partial charge in [0, 0.05) is 31.9 Å². The van der Waals surface area contributed by atoms with Crippen LogP contribution in [0.3, 0.4) is 0 Å². The van der Waals surface area contributed by atoms with Crippen LogP contribution in [0.25, 0.3) is 11.0 Å². The molecule has 1 aliphatic rings. The van der Waals surface area contributed by atoms with Crippen molar-refractivity contribution in [2.75, 3.05) is 36.0 Å². The van der Waals surface area contributed by atoms with Gasteiger partial charge in [0.05, 0.1) is 34.7 Å². The molecule has 0 unspecified atom stereocenters. The first-order chi connectivity index (χ1) is 11.7. The molecule has 0 spiro atoms. The Morgan fingerprint density at radius 3 is 2.67 bits per heavy atom. The van der Waals surface area contributed by atoms with Gasteiger partial charge in [0.1, 0.15) is 5.82 Å². The first kappa shape index (κ1) is 15.2. The molecule has 0 atom stereocenters. The molecule has 4 rings (SSSR count). The molecular formula is C17H18ClN5O. The number of pyridine rings is 1. The Morgan fingerprint density at radius 2 is 1.88 bits per heavy atom. The molecule has 3 heterocycles. The Balaban J connectivity index is 1.50. The highest BCUT2D eigenvalue weighted by molar-refractivity contribution is 6.32. The summed E-state index contributed by atoms with van der Waals surface area (Å²) in [5, 5.41) is 9.89. The van der Waals surface area contributed by atoms with Crippen LogP contribution in [0.1, 0.15) is 5.69 Å². The predicted octanol–water partition coefficient (Wildman–Crippen LogP) is 2.43. The largest absolute Gasteiger partial charge is 0.390 e. The minimum atomic E-state index is -0.0751. The number of imidazole rings is 1. The topological polar surface area (TPSA) is 68.3 Å². The zero-order valence-electron chi connectivity index (χ0n) is 13.1. The summed E-state index contributed by atoms with van der Waals surface area (Å²) >= 11 is 6.28. The Kier molecular flexibility index (Phi) is 4.00. The van der Waals surface area contributed by atoms with Gasteiger partial charge >= 0.3 is 0 Å². The van der Waals surface area contributed by atoms with E-state index in [1.54, 1.807) is 18.5 Å². The van der Waals surface area contributed by atoms with Crippen molar-refractivity contribution in [3.63, 3.8) is 0 Å². The molecule has 3 aromatic rings. The highest BCUT2D eigenvalue weighted by Crippen LogP contribution is 2.27. The third-order valence-corrected chi connectivity index (χ3v) is 4.69. The molecule has 1 fully saturated rings. The van der Waals surface area contributed by atoms with Crippen LogP contribution in [-0.2, 0) is 6.61 Å². The van der Waals surface area contributed by atoms with Crippen molar-refractivity contribution >= 4 is 34.1 Å². The molecular weight excluding hydrogens is 326 g/mol. The van der Waals surface area contributed by atoms with Crippen LogP contribution in [0.5, 0.6) is 0 Å². The number of hydrogen-bond acceptors (Lipinski definition) is 5. The summed E-state index contributed by atoms with van der Waals surface area (Å²) in [4.78, 5) is 16.4. The van der Waals surface area contributed by atoms with E-state index in [0.29, 0.717) is 10.7 Å². The Hall–Kier alpha value is -2.31. The number of halogens is 1. The normalized spacial score (nSPS) is 15.2. The molecule has 0 saturated carbocycles. The van der Waals surface area contributed by atoms with Gasteiger partial charge in [-0.05, 0) is 30.3 Å². The van der Waals surface area contributed by atoms with Crippen LogP contribution in [0.4, 0.5) is 11.5 Å². The summed E-state index contributed by atoms with van der Waals surface area (Å²) < 4.78 is 0. The number of nitrogens with one attached hydrogen (secondary N) is 1. The summed E-state index contributed by atoms with van der Waals surface area (Å²) in [5.74, 6) is 0.756. The van der Waals surface area contributed by atoms with Crippen molar-refractivity contribution in [2.45, 2.75) is 6.61 Å². The Morgan fingerprint density at radius 1 is 1.08 bits per heavy atom. The number of fused-ring (bicyclic) bond motifs is 1. The van der Waals surface area contributed by atoms with E-state index >= 15 is 0 Å². The van der Waals surface area contributed by atoms with Crippen LogP contribution < -0.4 is 9.80 Å². The summed E-state index contributed by atoms with van der Waals surface area (Å²) in [5.41, 5.74) is 3.86. The van der Waals surface area contributed by atoms with Gasteiger partial charge in [0.25, 0.3) is 0 Å². The lowest BCUT2D eigenvalue weighted by molar-refractivity contribution is 0.277. The summed E-state index contributed by atoms with van der Waals surface area (Å²) in [6.07, 6.45) is 1.72. The van der Waals surface area contributed by atoms with Gasteiger partial charge in [-0.3, -0.25) is 0 Å². The number of aliphatic hydroxyl groups excluding tert-OH is 1. The van der Waals surface area contributed by atoms with Crippen LogP contribution in [0, 0.1) is 0 Å². The zero-order chi connectivity index (χ0) is 16.5. The lowest BCUT2D eigenvalue weighted by Crippen LogP contribution is -2.47. The van der Waals surface area contributed by atoms with Gasteiger partial charge in [-0.2, -0.15) is 0 Å². The van der Waals surface area contributed by atoms with E-state index in [2.05, 4.69) is 36.9 Å². The highest BCUT2D eigenvalue weighted by atomic mass is 35.5. The number of hydrogen-bond donors (Lipinski definition) is 2. The Labute approximate surface area is 144 Å². The molecule has 1 aliphatic heterocycles. The molecule has 1 aromatic carbocycles. The second-order valence-corrected chi connectivity index (χ2v) is 6.25. The number of rotatable bonds is 3. The average Bonchev–Trinajstić information content (AvgIpc) is 3.10. The van der Waals surface area contributed by atoms with Gasteiger partial charge in [-0.15, -0.1) is 0 Å². The summed E-state index contributed by atoms with van der Waals surface area (Å²) in [6.45, 7) is 3.38. The molecule has 0 amide bonds. The molecule has 0 bridgehead atoms. The maximum absolute atomic E-state index is 9.27. The third kappa shape index (κ3) is 2.79. The van der Waals surface area contributed by atoms with Gasteiger partial charge < -0.3 is 19.9 Å². The molecule has 2 N–H and O–H groups in total. The van der Waals surface area contributed by atoms with Crippen molar-refractivity contribution in [3.05, 3.63) is 47.4 Å². The number of anilines is 2. The first-order valence-corrected chi connectivity index (χ1v) is 8.32. The van der Waals surface area contributed by atoms with Gasteiger partial charge in [-0.1, -0.05) is 11.6 Å². The van der Waals surface area contributed by atoms with E-state index in [-0.39, 0.29) is 6.61 Å². The quantitative estimate of drug-likeness (QED) is 0.764. The number of benzene rings is 1. The number of aromatic nitrogens is 3. The molecule has 1 saturated heterocycles. The van der Waals surface area contributed by atoms with Crippen molar-refractivity contribution in [3.8, 4) is 0 Å². The number of nitrogens with zero attached hydrogens (tertiary/aromatic N) is 4. The second-order valence-electron chi connectivity index (χ2n) is 5.84. The minimum Gasteiger partial charge on any atom is -0.390 e. The van der Waals surface area contributed by atoms with E-state index < -0.39 is 0 Å². The van der Waals surface area contributed by atoms with Crippen molar-refractivity contribution in [2.24, 2.45) is 0 Å². The monoisotopic (exact) mass is 343 g/mol. The van der Waals surface area contributed by atoms with Gasteiger partial charge in [0.2, 0.25) is 0 Å². The van der Waals surface area contributed by atoms with Crippen LogP contribution in [0.15, 0.2) is 36.7 Å². The van der Waals surface area contributed by atoms with Crippen LogP contribution in [0.2, 0.25) is 5.02 Å². The molecule has 2 aromatic heterocycles. The SMILES string of the molecule is OCc1ccc(Cl)c(N2CCN(c3ccc4nc[nH]c4c3)CC2)n1. The van der Waals surface area contributed by atoms with Crippen molar-refractivity contribution < 1.29 is 5.11 Å². The van der Waals surface area contributed by atoms with E-state index in [0.717, 1.165) is 43.0 Å². The van der Waals surface area contributed by atoms with Crippen molar-refractivity contribution in [1.29, 1.82) is 0 Å². The fourth-order valence-electron chi connectivity index (χ4n) is 3.08. The third-order valence-electron chi connectivity index (χ3n) is 4.40. The standard InChI is InChI=1S/C17H18ClN5O/c18-14-3-1-12(10-24)21-17(14)23-7-5-22(6-8-23)13-2-4-15-16(9-13)20-11-19-15/h1-4,9,11,24H,5-8,10H2,(H,19,20). The van der Waals surface area contributed by atoms with E-state index in [9.17, 15) is 5.11 Å². The molecule has 124 valence electrons. The molecule has 24 heavy (non-hydrogen) atoms. The van der Waals surface area contributed by atoms with E-state index in [1.807, 2.05) is 6.07 Å².